The van der Waals surface area contributed by atoms with E-state index in [9.17, 15) is 0 Å². The summed E-state index contributed by atoms with van der Waals surface area (Å²) in [6, 6.07) is 2.10. The fourth-order valence-electron chi connectivity index (χ4n) is 2.82. The van der Waals surface area contributed by atoms with Crippen LogP contribution in [0.4, 0.5) is 0 Å². The van der Waals surface area contributed by atoms with Gasteiger partial charge in [0.2, 0.25) is 0 Å². The highest BCUT2D eigenvalue weighted by atomic mass is 15.1. The second-order valence-corrected chi connectivity index (χ2v) is 6.82. The monoisotopic (exact) mass is 284 g/mol. The zero-order valence-electron chi connectivity index (χ0n) is 13.2. The Labute approximate surface area is 126 Å². The first-order valence-corrected chi connectivity index (χ1v) is 7.78. The molecule has 2 aromatic rings. The van der Waals surface area contributed by atoms with E-state index in [-0.39, 0.29) is 5.54 Å². The summed E-state index contributed by atoms with van der Waals surface area (Å²) < 4.78 is 2.24. The first-order chi connectivity index (χ1) is 10.0. The van der Waals surface area contributed by atoms with Crippen LogP contribution in [0, 0.1) is 0 Å². The number of nitrogens with zero attached hydrogens (tertiary/aromatic N) is 3. The van der Waals surface area contributed by atoms with Gasteiger partial charge in [-0.05, 0) is 58.1 Å². The molecule has 0 atom stereocenters. The van der Waals surface area contributed by atoms with E-state index in [0.717, 1.165) is 25.1 Å². The molecule has 0 spiro atoms. The number of hydrogen-bond donors (Lipinski definition) is 1. The number of rotatable bonds is 3. The summed E-state index contributed by atoms with van der Waals surface area (Å²) in [5.74, 6) is 0. The SMILES string of the molecule is CC(C)(C)NCc1ccncc1-n1cnc2c1CCCC2. The predicted molar refractivity (Wildman–Crippen MR) is 84.6 cm³/mol. The van der Waals surface area contributed by atoms with E-state index >= 15 is 0 Å². The van der Waals surface area contributed by atoms with Gasteiger partial charge in [-0.2, -0.15) is 0 Å². The lowest BCUT2D eigenvalue weighted by molar-refractivity contribution is 0.424. The second kappa shape index (κ2) is 5.60. The highest BCUT2D eigenvalue weighted by Crippen LogP contribution is 2.24. The Balaban J connectivity index is 1.93. The predicted octanol–water partition coefficient (Wildman–Crippen LogP) is 3.03. The Kier molecular flexibility index (Phi) is 3.81. The molecule has 1 N–H and O–H groups in total. The average molecular weight is 284 g/mol. The normalized spacial score (nSPS) is 15.0. The molecule has 0 fully saturated rings. The lowest BCUT2D eigenvalue weighted by atomic mass is 10.0. The van der Waals surface area contributed by atoms with Gasteiger partial charge in [0.15, 0.2) is 0 Å². The maximum absolute atomic E-state index is 4.60. The van der Waals surface area contributed by atoms with Gasteiger partial charge in [0.05, 0.1) is 23.9 Å². The van der Waals surface area contributed by atoms with Crippen molar-refractivity contribution >= 4 is 0 Å². The van der Waals surface area contributed by atoms with Gasteiger partial charge in [-0.1, -0.05) is 0 Å². The molecule has 21 heavy (non-hydrogen) atoms. The van der Waals surface area contributed by atoms with Gasteiger partial charge in [-0.3, -0.25) is 4.98 Å². The van der Waals surface area contributed by atoms with Crippen LogP contribution in [-0.2, 0) is 19.4 Å². The van der Waals surface area contributed by atoms with E-state index in [0.29, 0.717) is 0 Å². The summed E-state index contributed by atoms with van der Waals surface area (Å²) >= 11 is 0. The number of pyridine rings is 1. The van der Waals surface area contributed by atoms with Crippen LogP contribution in [0.15, 0.2) is 24.8 Å². The van der Waals surface area contributed by atoms with Crippen LogP contribution >= 0.6 is 0 Å². The number of hydrogen-bond acceptors (Lipinski definition) is 3. The average Bonchev–Trinajstić information content (AvgIpc) is 2.88. The molecule has 1 aliphatic rings. The van der Waals surface area contributed by atoms with Crippen molar-refractivity contribution in [2.45, 2.75) is 58.5 Å². The topological polar surface area (TPSA) is 42.7 Å². The molecule has 0 saturated carbocycles. The zero-order chi connectivity index (χ0) is 14.9. The lowest BCUT2D eigenvalue weighted by Crippen LogP contribution is -2.35. The molecule has 112 valence electrons. The maximum atomic E-state index is 4.60. The van der Waals surface area contributed by atoms with E-state index in [4.69, 9.17) is 0 Å². The smallest absolute Gasteiger partial charge is 0.0998 e. The molecule has 3 rings (SSSR count). The third-order valence-electron chi connectivity index (χ3n) is 3.99. The van der Waals surface area contributed by atoms with E-state index in [2.05, 4.69) is 46.7 Å². The summed E-state index contributed by atoms with van der Waals surface area (Å²) in [5.41, 5.74) is 5.16. The minimum Gasteiger partial charge on any atom is -0.308 e. The molecule has 0 aromatic carbocycles. The summed E-state index contributed by atoms with van der Waals surface area (Å²) in [6.07, 6.45) is 10.5. The van der Waals surface area contributed by atoms with E-state index in [1.807, 2.05) is 18.7 Å². The summed E-state index contributed by atoms with van der Waals surface area (Å²) in [6.45, 7) is 7.40. The second-order valence-electron chi connectivity index (χ2n) is 6.82. The van der Waals surface area contributed by atoms with Crippen LogP contribution in [0.2, 0.25) is 0 Å². The molecule has 4 heteroatoms. The Morgan fingerprint density at radius 1 is 1.24 bits per heavy atom. The Morgan fingerprint density at radius 3 is 2.86 bits per heavy atom. The Morgan fingerprint density at radius 2 is 2.05 bits per heavy atom. The summed E-state index contributed by atoms with van der Waals surface area (Å²) in [5, 5.41) is 3.56. The van der Waals surface area contributed by atoms with Crippen LogP contribution in [0.25, 0.3) is 5.69 Å². The summed E-state index contributed by atoms with van der Waals surface area (Å²) in [4.78, 5) is 8.92. The molecule has 4 nitrogen and oxygen atoms in total. The molecule has 0 aliphatic heterocycles. The molecule has 0 amide bonds. The van der Waals surface area contributed by atoms with E-state index in [1.165, 1.54) is 29.8 Å². The first kappa shape index (κ1) is 14.3. The Hall–Kier alpha value is -1.68. The van der Waals surface area contributed by atoms with Crippen LogP contribution < -0.4 is 5.32 Å². The fourth-order valence-corrected chi connectivity index (χ4v) is 2.82. The van der Waals surface area contributed by atoms with Crippen molar-refractivity contribution in [2.75, 3.05) is 0 Å². The quantitative estimate of drug-likeness (QED) is 0.942. The largest absolute Gasteiger partial charge is 0.308 e. The van der Waals surface area contributed by atoms with Crippen LogP contribution in [0.3, 0.4) is 0 Å². The van der Waals surface area contributed by atoms with Gasteiger partial charge in [0.1, 0.15) is 0 Å². The number of aromatic nitrogens is 3. The third kappa shape index (κ3) is 3.16. The van der Waals surface area contributed by atoms with E-state index < -0.39 is 0 Å². The van der Waals surface area contributed by atoms with Crippen LogP contribution in [-0.4, -0.2) is 20.1 Å². The lowest BCUT2D eigenvalue weighted by Gasteiger charge is -2.22. The van der Waals surface area contributed by atoms with Crippen molar-refractivity contribution in [1.29, 1.82) is 0 Å². The van der Waals surface area contributed by atoms with Crippen molar-refractivity contribution < 1.29 is 0 Å². The molecule has 2 heterocycles. The number of aryl methyl sites for hydroxylation is 1. The van der Waals surface area contributed by atoms with Crippen molar-refractivity contribution in [3.8, 4) is 5.69 Å². The fraction of sp³-hybridized carbons (Fsp3) is 0.529. The van der Waals surface area contributed by atoms with Crippen molar-refractivity contribution in [2.24, 2.45) is 0 Å². The number of fused-ring (bicyclic) bond motifs is 1. The highest BCUT2D eigenvalue weighted by molar-refractivity contribution is 5.41. The van der Waals surface area contributed by atoms with Gasteiger partial charge in [0, 0.05) is 24.0 Å². The van der Waals surface area contributed by atoms with Crippen LogP contribution in [0.1, 0.15) is 50.6 Å². The first-order valence-electron chi connectivity index (χ1n) is 7.78. The molecule has 0 unspecified atom stereocenters. The van der Waals surface area contributed by atoms with Gasteiger partial charge in [-0.15, -0.1) is 0 Å². The number of imidazole rings is 1. The van der Waals surface area contributed by atoms with Gasteiger partial charge in [-0.25, -0.2) is 4.98 Å². The number of nitrogens with one attached hydrogen (secondary N) is 1. The van der Waals surface area contributed by atoms with Gasteiger partial charge < -0.3 is 9.88 Å². The minimum absolute atomic E-state index is 0.106. The van der Waals surface area contributed by atoms with Crippen molar-refractivity contribution in [3.63, 3.8) is 0 Å². The molecular weight excluding hydrogens is 260 g/mol. The van der Waals surface area contributed by atoms with Crippen LogP contribution in [0.5, 0.6) is 0 Å². The van der Waals surface area contributed by atoms with Gasteiger partial charge in [0.25, 0.3) is 0 Å². The molecule has 0 radical (unpaired) electrons. The zero-order valence-corrected chi connectivity index (χ0v) is 13.2. The molecule has 0 saturated heterocycles. The molecule has 1 aliphatic carbocycles. The minimum atomic E-state index is 0.106. The molecule has 0 bridgehead atoms. The standard InChI is InChI=1S/C17H24N4/c1-17(2,3)20-10-13-8-9-18-11-16(13)21-12-19-14-6-4-5-7-15(14)21/h8-9,11-12,20H,4-7,10H2,1-3H3. The third-order valence-corrected chi connectivity index (χ3v) is 3.99. The Bertz CT molecular complexity index is 622. The van der Waals surface area contributed by atoms with Gasteiger partial charge >= 0.3 is 0 Å². The van der Waals surface area contributed by atoms with Crippen molar-refractivity contribution in [1.82, 2.24) is 19.9 Å². The summed E-state index contributed by atoms with van der Waals surface area (Å²) in [7, 11) is 0. The van der Waals surface area contributed by atoms with Crippen molar-refractivity contribution in [3.05, 3.63) is 41.7 Å². The molecule has 2 aromatic heterocycles. The van der Waals surface area contributed by atoms with E-state index in [1.54, 1.807) is 0 Å². The highest BCUT2D eigenvalue weighted by Gasteiger charge is 2.18. The molecular formula is C17H24N4. The maximum Gasteiger partial charge on any atom is 0.0998 e.